The minimum atomic E-state index is -2.85. The molecule has 1 fully saturated rings. The summed E-state index contributed by atoms with van der Waals surface area (Å²) < 4.78 is 27.6. The molecule has 0 spiro atoms. The van der Waals surface area contributed by atoms with E-state index >= 15 is 0 Å². The highest BCUT2D eigenvalue weighted by Gasteiger charge is 2.25. The number of rotatable bonds is 7. The molecule has 2 heterocycles. The van der Waals surface area contributed by atoms with Crippen LogP contribution < -0.4 is 0 Å². The fourth-order valence-corrected chi connectivity index (χ4v) is 3.32. The minimum absolute atomic E-state index is 0.131. The molecule has 1 aliphatic rings. The molecule has 8 heteroatoms. The van der Waals surface area contributed by atoms with E-state index in [9.17, 15) is 8.42 Å². The van der Waals surface area contributed by atoms with E-state index in [2.05, 4.69) is 26.9 Å². The zero-order valence-corrected chi connectivity index (χ0v) is 14.5. The molecular weight excluding hydrogens is 304 g/mol. The normalized spacial score (nSPS) is 19.4. The third-order valence-electron chi connectivity index (χ3n) is 4.10. The first kappa shape index (κ1) is 17.4. The number of aromatic nitrogens is 2. The third kappa shape index (κ3) is 5.03. The van der Waals surface area contributed by atoms with Crippen molar-refractivity contribution in [3.05, 3.63) is 11.7 Å². The zero-order chi connectivity index (χ0) is 16.2. The Kier molecular flexibility index (Phi) is 5.94. The summed E-state index contributed by atoms with van der Waals surface area (Å²) in [6.45, 7) is 8.70. The lowest BCUT2D eigenvalue weighted by Crippen LogP contribution is -2.47. The molecule has 0 bridgehead atoms. The van der Waals surface area contributed by atoms with Gasteiger partial charge in [0.05, 0.1) is 11.8 Å². The van der Waals surface area contributed by atoms with E-state index in [0.29, 0.717) is 12.3 Å². The van der Waals surface area contributed by atoms with E-state index in [1.54, 1.807) is 0 Å². The molecule has 126 valence electrons. The molecule has 1 saturated heterocycles. The van der Waals surface area contributed by atoms with Gasteiger partial charge in [0, 0.05) is 38.9 Å². The smallest absolute Gasteiger partial charge is 0.243 e. The molecule has 0 N–H and O–H groups in total. The Balaban J connectivity index is 1.76. The Morgan fingerprint density at radius 3 is 2.50 bits per heavy atom. The van der Waals surface area contributed by atoms with Crippen LogP contribution in [0, 0.1) is 0 Å². The average Bonchev–Trinajstić information content (AvgIpc) is 2.95. The summed E-state index contributed by atoms with van der Waals surface area (Å²) in [7, 11) is -2.85. The van der Waals surface area contributed by atoms with Gasteiger partial charge in [-0.05, 0) is 19.9 Å². The molecule has 0 radical (unpaired) electrons. The molecule has 0 unspecified atom stereocenters. The predicted molar refractivity (Wildman–Crippen MR) is 84.4 cm³/mol. The first-order valence-electron chi connectivity index (χ1n) is 7.85. The van der Waals surface area contributed by atoms with E-state index in [1.807, 2.05) is 6.92 Å². The van der Waals surface area contributed by atoms with Crippen LogP contribution in [0.1, 0.15) is 38.0 Å². The fourth-order valence-electron chi connectivity index (χ4n) is 2.66. The lowest BCUT2D eigenvalue weighted by atomic mass is 10.2. The second-order valence-corrected chi connectivity index (χ2v) is 8.20. The van der Waals surface area contributed by atoms with E-state index < -0.39 is 9.84 Å². The minimum Gasteiger partial charge on any atom is -0.338 e. The summed E-state index contributed by atoms with van der Waals surface area (Å²) in [5.74, 6) is 1.70. The predicted octanol–water partition coefficient (Wildman–Crippen LogP) is 0.745. The van der Waals surface area contributed by atoms with Gasteiger partial charge in [-0.15, -0.1) is 0 Å². The van der Waals surface area contributed by atoms with Crippen LogP contribution in [0.2, 0.25) is 0 Å². The van der Waals surface area contributed by atoms with Crippen LogP contribution in [-0.2, 0) is 16.3 Å². The van der Waals surface area contributed by atoms with Gasteiger partial charge in [-0.1, -0.05) is 12.1 Å². The van der Waals surface area contributed by atoms with Crippen molar-refractivity contribution < 1.29 is 12.9 Å². The molecule has 0 aromatic carbocycles. The van der Waals surface area contributed by atoms with Crippen LogP contribution in [0.15, 0.2) is 4.52 Å². The first-order chi connectivity index (χ1) is 10.4. The highest BCUT2D eigenvalue weighted by molar-refractivity contribution is 7.90. The van der Waals surface area contributed by atoms with Crippen molar-refractivity contribution in [3.63, 3.8) is 0 Å². The SMILES string of the molecule is CCc1noc([C@H](C)N2CCN(CCCS(C)(=O)=O)CC2)n1. The van der Waals surface area contributed by atoms with Crippen molar-refractivity contribution in [2.24, 2.45) is 0 Å². The van der Waals surface area contributed by atoms with Crippen molar-refractivity contribution >= 4 is 9.84 Å². The van der Waals surface area contributed by atoms with Gasteiger partial charge in [-0.25, -0.2) is 8.42 Å². The number of hydrogen-bond donors (Lipinski definition) is 0. The standard InChI is InChI=1S/C14H26N4O3S/c1-4-13-15-14(21-16-13)12(2)18-9-7-17(8-10-18)6-5-11-22(3,19)20/h12H,4-11H2,1-3H3/t12-/m0/s1. The monoisotopic (exact) mass is 330 g/mol. The quantitative estimate of drug-likeness (QED) is 0.729. The van der Waals surface area contributed by atoms with Crippen molar-refractivity contribution in [1.82, 2.24) is 19.9 Å². The van der Waals surface area contributed by atoms with E-state index in [0.717, 1.165) is 45.0 Å². The second kappa shape index (κ2) is 7.52. The van der Waals surface area contributed by atoms with Crippen LogP contribution in [0.25, 0.3) is 0 Å². The van der Waals surface area contributed by atoms with E-state index in [4.69, 9.17) is 4.52 Å². The number of sulfone groups is 1. The highest BCUT2D eigenvalue weighted by atomic mass is 32.2. The Morgan fingerprint density at radius 2 is 1.95 bits per heavy atom. The maximum atomic E-state index is 11.1. The largest absolute Gasteiger partial charge is 0.338 e. The topological polar surface area (TPSA) is 79.5 Å². The average molecular weight is 330 g/mol. The lowest BCUT2D eigenvalue weighted by molar-refractivity contribution is 0.0885. The van der Waals surface area contributed by atoms with E-state index in [1.165, 1.54) is 6.26 Å². The first-order valence-corrected chi connectivity index (χ1v) is 9.91. The molecule has 1 atom stereocenters. The van der Waals surface area contributed by atoms with Gasteiger partial charge in [0.1, 0.15) is 9.84 Å². The van der Waals surface area contributed by atoms with Crippen LogP contribution in [-0.4, -0.2) is 73.1 Å². The molecule has 1 aromatic rings. The molecular formula is C14H26N4O3S. The van der Waals surface area contributed by atoms with Gasteiger partial charge in [-0.2, -0.15) is 4.98 Å². The molecule has 1 aromatic heterocycles. The Morgan fingerprint density at radius 1 is 1.27 bits per heavy atom. The molecule has 0 saturated carbocycles. The molecule has 2 rings (SSSR count). The number of piperazine rings is 1. The van der Waals surface area contributed by atoms with Crippen molar-refractivity contribution in [1.29, 1.82) is 0 Å². The summed E-state index contributed by atoms with van der Waals surface area (Å²) in [6, 6.07) is 0.131. The summed E-state index contributed by atoms with van der Waals surface area (Å²) in [4.78, 5) is 9.05. The number of nitrogens with zero attached hydrogens (tertiary/aromatic N) is 4. The maximum Gasteiger partial charge on any atom is 0.243 e. The molecule has 1 aliphatic heterocycles. The summed E-state index contributed by atoms with van der Waals surface area (Å²) in [5, 5.41) is 3.95. The highest BCUT2D eigenvalue weighted by Crippen LogP contribution is 2.20. The van der Waals surface area contributed by atoms with Gasteiger partial charge >= 0.3 is 0 Å². The van der Waals surface area contributed by atoms with Gasteiger partial charge in [0.25, 0.3) is 0 Å². The maximum absolute atomic E-state index is 11.1. The molecule has 0 aliphatic carbocycles. The molecule has 0 amide bonds. The Bertz CT molecular complexity index is 564. The third-order valence-corrected chi connectivity index (χ3v) is 5.13. The van der Waals surface area contributed by atoms with Crippen molar-refractivity contribution in [3.8, 4) is 0 Å². The van der Waals surface area contributed by atoms with Gasteiger partial charge in [0.15, 0.2) is 5.82 Å². The second-order valence-electron chi connectivity index (χ2n) is 5.94. The summed E-state index contributed by atoms with van der Waals surface area (Å²) >= 11 is 0. The Labute approximate surface area is 132 Å². The van der Waals surface area contributed by atoms with Gasteiger partial charge in [0.2, 0.25) is 5.89 Å². The van der Waals surface area contributed by atoms with Crippen LogP contribution >= 0.6 is 0 Å². The van der Waals surface area contributed by atoms with E-state index in [-0.39, 0.29) is 11.8 Å². The van der Waals surface area contributed by atoms with Gasteiger partial charge < -0.3 is 9.42 Å². The van der Waals surface area contributed by atoms with Crippen molar-refractivity contribution in [2.45, 2.75) is 32.7 Å². The molecule has 7 nitrogen and oxygen atoms in total. The van der Waals surface area contributed by atoms with Gasteiger partial charge in [-0.3, -0.25) is 4.90 Å². The number of hydrogen-bond acceptors (Lipinski definition) is 7. The summed E-state index contributed by atoms with van der Waals surface area (Å²) in [6.07, 6.45) is 2.78. The zero-order valence-electron chi connectivity index (χ0n) is 13.7. The van der Waals surface area contributed by atoms with Crippen LogP contribution in [0.3, 0.4) is 0 Å². The van der Waals surface area contributed by atoms with Crippen LogP contribution in [0.4, 0.5) is 0 Å². The molecule has 22 heavy (non-hydrogen) atoms. The Hall–Kier alpha value is -0.990. The summed E-state index contributed by atoms with van der Waals surface area (Å²) in [5.41, 5.74) is 0. The fraction of sp³-hybridized carbons (Fsp3) is 0.857. The number of aryl methyl sites for hydroxylation is 1. The lowest BCUT2D eigenvalue weighted by Gasteiger charge is -2.36. The van der Waals surface area contributed by atoms with Crippen molar-refractivity contribution in [2.75, 3.05) is 44.7 Å². The van der Waals surface area contributed by atoms with Crippen LogP contribution in [0.5, 0.6) is 0 Å².